The molecule has 0 aliphatic carbocycles. The molecule has 1 atom stereocenters. The van der Waals surface area contributed by atoms with Gasteiger partial charge in [-0.3, -0.25) is 0 Å². The Labute approximate surface area is 120 Å². The maximum Gasteiger partial charge on any atom is 0.152 e. The molecule has 5 nitrogen and oxygen atoms in total. The van der Waals surface area contributed by atoms with Crippen LogP contribution in [0.5, 0.6) is 0 Å². The first kappa shape index (κ1) is 13.4. The molecule has 1 unspecified atom stereocenters. The number of rotatable bonds is 5. The van der Waals surface area contributed by atoms with Crippen LogP contribution >= 0.6 is 0 Å². The molecule has 108 valence electrons. The van der Waals surface area contributed by atoms with Gasteiger partial charge in [-0.25, -0.2) is 9.50 Å². The van der Waals surface area contributed by atoms with E-state index in [9.17, 15) is 0 Å². The first-order valence-electron chi connectivity index (χ1n) is 7.61. The maximum absolute atomic E-state index is 4.39. The fourth-order valence-electron chi connectivity index (χ4n) is 2.97. The number of fused-ring (bicyclic) bond motifs is 1. The minimum atomic E-state index is 0.750. The quantitative estimate of drug-likeness (QED) is 0.850. The van der Waals surface area contributed by atoms with Crippen molar-refractivity contribution in [3.8, 4) is 0 Å². The van der Waals surface area contributed by atoms with Gasteiger partial charge in [-0.2, -0.15) is 5.10 Å². The average Bonchev–Trinajstić information content (AvgIpc) is 2.94. The molecule has 3 rings (SSSR count). The van der Waals surface area contributed by atoms with E-state index < -0.39 is 0 Å². The molecule has 1 saturated heterocycles. The van der Waals surface area contributed by atoms with Gasteiger partial charge in [0.25, 0.3) is 0 Å². The molecule has 1 fully saturated rings. The lowest BCUT2D eigenvalue weighted by Crippen LogP contribution is -2.38. The highest BCUT2D eigenvalue weighted by Crippen LogP contribution is 2.16. The molecule has 0 radical (unpaired) electrons. The van der Waals surface area contributed by atoms with Crippen molar-refractivity contribution >= 4 is 11.3 Å². The van der Waals surface area contributed by atoms with Gasteiger partial charge in [-0.05, 0) is 38.8 Å². The molecule has 0 aromatic carbocycles. The number of piperidine rings is 1. The van der Waals surface area contributed by atoms with Crippen LogP contribution in [0.1, 0.15) is 32.6 Å². The predicted molar refractivity (Wildman–Crippen MR) is 81.0 cm³/mol. The first-order valence-corrected chi connectivity index (χ1v) is 7.61. The molecule has 0 spiro atoms. The molecule has 0 amide bonds. The third kappa shape index (κ3) is 2.93. The highest BCUT2D eigenvalue weighted by atomic mass is 15.2. The highest BCUT2D eigenvalue weighted by Gasteiger charge is 2.17. The second kappa shape index (κ2) is 6.22. The Morgan fingerprint density at radius 2 is 2.30 bits per heavy atom. The fraction of sp³-hybridized carbons (Fsp3) is 0.600. The van der Waals surface area contributed by atoms with Crippen LogP contribution in [0.25, 0.3) is 5.52 Å². The zero-order valence-corrected chi connectivity index (χ0v) is 12.1. The molecule has 2 aromatic rings. The lowest BCUT2D eigenvalue weighted by Gasteiger charge is -2.33. The number of aromatic nitrogens is 3. The van der Waals surface area contributed by atoms with Crippen LogP contribution in [-0.4, -0.2) is 45.2 Å². The van der Waals surface area contributed by atoms with Gasteiger partial charge in [-0.15, -0.1) is 0 Å². The van der Waals surface area contributed by atoms with Gasteiger partial charge in [0.05, 0.1) is 6.20 Å². The second-order valence-corrected chi connectivity index (χ2v) is 5.60. The van der Waals surface area contributed by atoms with Crippen molar-refractivity contribution in [2.75, 3.05) is 25.0 Å². The first-order chi connectivity index (χ1) is 9.84. The standard InChI is InChI=1S/C15H23N5/c1-13-5-2-3-10-19(13)11-4-7-16-15-14-6-8-18-20(14)12-9-17-15/h6,8-9,12-13H,2-5,7,10-11H2,1H3,(H,16,17). The monoisotopic (exact) mass is 273 g/mol. The number of likely N-dealkylation sites (tertiary alicyclic amines) is 1. The Morgan fingerprint density at radius 1 is 1.35 bits per heavy atom. The summed E-state index contributed by atoms with van der Waals surface area (Å²) in [6, 6.07) is 2.74. The number of hydrogen-bond donors (Lipinski definition) is 1. The molecule has 3 heterocycles. The molecule has 1 aliphatic heterocycles. The van der Waals surface area contributed by atoms with E-state index in [1.165, 1.54) is 32.4 Å². The number of anilines is 1. The second-order valence-electron chi connectivity index (χ2n) is 5.60. The molecular formula is C15H23N5. The molecular weight excluding hydrogens is 250 g/mol. The minimum Gasteiger partial charge on any atom is -0.368 e. The Kier molecular flexibility index (Phi) is 4.16. The van der Waals surface area contributed by atoms with Gasteiger partial charge in [0.15, 0.2) is 5.82 Å². The van der Waals surface area contributed by atoms with E-state index in [0.717, 1.165) is 30.3 Å². The zero-order valence-electron chi connectivity index (χ0n) is 12.1. The topological polar surface area (TPSA) is 45.5 Å². The summed E-state index contributed by atoms with van der Waals surface area (Å²) in [7, 11) is 0. The van der Waals surface area contributed by atoms with Gasteiger partial charge in [0.1, 0.15) is 5.52 Å². The summed E-state index contributed by atoms with van der Waals surface area (Å²) in [5.41, 5.74) is 1.04. The van der Waals surface area contributed by atoms with E-state index in [2.05, 4.69) is 27.2 Å². The van der Waals surface area contributed by atoms with Crippen molar-refractivity contribution in [2.24, 2.45) is 0 Å². The van der Waals surface area contributed by atoms with Gasteiger partial charge in [0.2, 0.25) is 0 Å². The Balaban J connectivity index is 1.49. The third-order valence-electron chi connectivity index (χ3n) is 4.18. The van der Waals surface area contributed by atoms with Crippen LogP contribution in [-0.2, 0) is 0 Å². The van der Waals surface area contributed by atoms with Crippen molar-refractivity contribution in [1.29, 1.82) is 0 Å². The summed E-state index contributed by atoms with van der Waals surface area (Å²) in [6.45, 7) is 5.75. The smallest absolute Gasteiger partial charge is 0.152 e. The van der Waals surface area contributed by atoms with Gasteiger partial charge in [-0.1, -0.05) is 6.42 Å². The zero-order chi connectivity index (χ0) is 13.8. The predicted octanol–water partition coefficient (Wildman–Crippen LogP) is 2.41. The fourth-order valence-corrected chi connectivity index (χ4v) is 2.97. The van der Waals surface area contributed by atoms with E-state index in [4.69, 9.17) is 0 Å². The normalized spacial score (nSPS) is 20.4. The summed E-state index contributed by atoms with van der Waals surface area (Å²) in [5, 5.41) is 7.65. The molecule has 2 aromatic heterocycles. The van der Waals surface area contributed by atoms with E-state index >= 15 is 0 Å². The van der Waals surface area contributed by atoms with Crippen molar-refractivity contribution in [2.45, 2.75) is 38.6 Å². The molecule has 1 aliphatic rings. The van der Waals surface area contributed by atoms with Crippen LogP contribution in [0.4, 0.5) is 5.82 Å². The SMILES string of the molecule is CC1CCCCN1CCCNc1nccn2nccc12. The van der Waals surface area contributed by atoms with E-state index in [0.29, 0.717) is 0 Å². The van der Waals surface area contributed by atoms with Crippen LogP contribution in [0.3, 0.4) is 0 Å². The number of nitrogens with one attached hydrogen (secondary N) is 1. The summed E-state index contributed by atoms with van der Waals surface area (Å²) < 4.78 is 1.85. The summed E-state index contributed by atoms with van der Waals surface area (Å²) >= 11 is 0. The van der Waals surface area contributed by atoms with Crippen LogP contribution in [0.15, 0.2) is 24.7 Å². The number of nitrogens with zero attached hydrogens (tertiary/aromatic N) is 4. The molecule has 0 saturated carbocycles. The van der Waals surface area contributed by atoms with Gasteiger partial charge < -0.3 is 10.2 Å². The van der Waals surface area contributed by atoms with E-state index in [-0.39, 0.29) is 0 Å². The Morgan fingerprint density at radius 3 is 3.20 bits per heavy atom. The maximum atomic E-state index is 4.39. The van der Waals surface area contributed by atoms with E-state index in [1.807, 2.05) is 16.8 Å². The summed E-state index contributed by atoms with van der Waals surface area (Å²) in [6.07, 6.45) is 10.7. The van der Waals surface area contributed by atoms with Gasteiger partial charge >= 0.3 is 0 Å². The van der Waals surface area contributed by atoms with Crippen molar-refractivity contribution in [3.05, 3.63) is 24.7 Å². The van der Waals surface area contributed by atoms with Crippen molar-refractivity contribution in [3.63, 3.8) is 0 Å². The summed E-state index contributed by atoms with van der Waals surface area (Å²) in [4.78, 5) is 7.00. The molecule has 20 heavy (non-hydrogen) atoms. The number of hydrogen-bond acceptors (Lipinski definition) is 4. The minimum absolute atomic E-state index is 0.750. The lowest BCUT2D eigenvalue weighted by molar-refractivity contribution is 0.160. The summed E-state index contributed by atoms with van der Waals surface area (Å²) in [5.74, 6) is 0.927. The van der Waals surface area contributed by atoms with E-state index in [1.54, 1.807) is 12.4 Å². The molecule has 5 heteroatoms. The van der Waals surface area contributed by atoms with Gasteiger partial charge in [0, 0.05) is 31.5 Å². The highest BCUT2D eigenvalue weighted by molar-refractivity contribution is 5.66. The van der Waals surface area contributed by atoms with Crippen molar-refractivity contribution < 1.29 is 0 Å². The third-order valence-corrected chi connectivity index (χ3v) is 4.18. The van der Waals surface area contributed by atoms with Crippen LogP contribution < -0.4 is 5.32 Å². The average molecular weight is 273 g/mol. The Bertz CT molecular complexity index is 550. The van der Waals surface area contributed by atoms with Crippen LogP contribution in [0.2, 0.25) is 0 Å². The molecule has 1 N–H and O–H groups in total. The lowest BCUT2D eigenvalue weighted by atomic mass is 10.0. The van der Waals surface area contributed by atoms with Crippen molar-refractivity contribution in [1.82, 2.24) is 19.5 Å². The van der Waals surface area contributed by atoms with Crippen LogP contribution in [0, 0.1) is 0 Å². The Hall–Kier alpha value is -1.62. The molecule has 0 bridgehead atoms. The largest absolute Gasteiger partial charge is 0.368 e.